The van der Waals surface area contributed by atoms with E-state index in [1.165, 1.54) is 6.07 Å². The minimum atomic E-state index is -0.299. The maximum absolute atomic E-state index is 11.9. The summed E-state index contributed by atoms with van der Waals surface area (Å²) in [4.78, 5) is 15.9. The summed E-state index contributed by atoms with van der Waals surface area (Å²) < 4.78 is 4.46. The van der Waals surface area contributed by atoms with Crippen LogP contribution in [0.4, 0.5) is 5.82 Å². The number of nitrogens with two attached hydrogens (primary N) is 1. The molecule has 2 N–H and O–H groups in total. The van der Waals surface area contributed by atoms with Crippen molar-refractivity contribution >= 4 is 23.4 Å². The van der Waals surface area contributed by atoms with Crippen LogP contribution in [-0.4, -0.2) is 26.8 Å². The van der Waals surface area contributed by atoms with E-state index in [0.29, 0.717) is 5.69 Å². The van der Waals surface area contributed by atoms with Gasteiger partial charge < -0.3 is 5.73 Å². The first-order valence-electron chi connectivity index (χ1n) is 5.62. The molecule has 2 aromatic rings. The molecule has 0 saturated carbocycles. The molecule has 104 valence electrons. The number of aromatic nitrogens is 3. The summed E-state index contributed by atoms with van der Waals surface area (Å²) in [6.07, 6.45) is 0. The van der Waals surface area contributed by atoms with Gasteiger partial charge in [0.25, 0.3) is 0 Å². The largest absolute Gasteiger partial charge is 0.383 e. The fraction of sp³-hybridized carbons (Fsp3) is 0.167. The van der Waals surface area contributed by atoms with Gasteiger partial charge in [-0.15, -0.1) is 0 Å². The molecule has 0 fully saturated rings. The minimum Gasteiger partial charge on any atom is -0.383 e. The van der Waals surface area contributed by atoms with E-state index in [0.717, 1.165) is 11.8 Å². The Morgan fingerprint density at radius 2 is 2.10 bits per heavy atom. The topological polar surface area (TPSA) is 142 Å². The van der Waals surface area contributed by atoms with Gasteiger partial charge in [0, 0.05) is 0 Å². The Labute approximate surface area is 123 Å². The lowest BCUT2D eigenvalue weighted by atomic mass is 10.2. The highest BCUT2D eigenvalue weighted by Crippen LogP contribution is 2.24. The predicted molar refractivity (Wildman–Crippen MR) is 72.2 cm³/mol. The number of nitriles is 2. The number of hydrogen-bond acceptors (Lipinski definition) is 9. The van der Waals surface area contributed by atoms with Gasteiger partial charge in [0.1, 0.15) is 28.7 Å². The third-order valence-electron chi connectivity index (χ3n) is 2.51. The number of Topliss-reactive ketones (excluding diaryl/α,β-unsaturated/α-hetero) is 1. The van der Waals surface area contributed by atoms with E-state index in [2.05, 4.69) is 19.9 Å². The zero-order valence-electron chi connectivity index (χ0n) is 10.8. The molecule has 2 rings (SSSR count). The summed E-state index contributed by atoms with van der Waals surface area (Å²) in [5, 5.41) is 25.2. The van der Waals surface area contributed by atoms with Gasteiger partial charge in [-0.1, -0.05) is 16.9 Å². The maximum Gasteiger partial charge on any atom is 0.196 e. The van der Waals surface area contributed by atoms with Crippen molar-refractivity contribution in [1.82, 2.24) is 15.3 Å². The Balaban J connectivity index is 2.20. The van der Waals surface area contributed by atoms with Crippen LogP contribution in [0.5, 0.6) is 0 Å². The number of carbonyl (C=O) groups is 1. The van der Waals surface area contributed by atoms with Crippen molar-refractivity contribution in [3.05, 3.63) is 28.6 Å². The van der Waals surface area contributed by atoms with Crippen molar-refractivity contribution in [2.45, 2.75) is 11.9 Å². The van der Waals surface area contributed by atoms with Gasteiger partial charge in [-0.25, -0.2) is 9.61 Å². The molecular formula is C12H8N6O2S. The second-order valence-corrected chi connectivity index (χ2v) is 4.87. The van der Waals surface area contributed by atoms with Crippen molar-refractivity contribution in [1.29, 1.82) is 10.5 Å². The highest BCUT2D eigenvalue weighted by molar-refractivity contribution is 8.00. The standard InChI is InChI=1S/C12H8N6O2S/c1-6-10(18-20-17-6)9(19)5-21-12-8(4-14)2-7(3-13)11(15)16-12/h2H,5H2,1H3,(H2,15,16). The summed E-state index contributed by atoms with van der Waals surface area (Å²) in [6, 6.07) is 5.11. The van der Waals surface area contributed by atoms with E-state index in [1.807, 2.05) is 12.1 Å². The highest BCUT2D eigenvalue weighted by atomic mass is 32.2. The van der Waals surface area contributed by atoms with Crippen molar-refractivity contribution in [2.24, 2.45) is 0 Å². The van der Waals surface area contributed by atoms with E-state index in [1.54, 1.807) is 6.92 Å². The number of hydrogen-bond donors (Lipinski definition) is 1. The van der Waals surface area contributed by atoms with Gasteiger partial charge in [-0.05, 0) is 18.1 Å². The van der Waals surface area contributed by atoms with Gasteiger partial charge >= 0.3 is 0 Å². The first kappa shape index (κ1) is 14.5. The monoisotopic (exact) mass is 300 g/mol. The highest BCUT2D eigenvalue weighted by Gasteiger charge is 2.17. The number of anilines is 1. The molecule has 2 heterocycles. The molecule has 0 aliphatic rings. The molecule has 8 nitrogen and oxygen atoms in total. The minimum absolute atomic E-state index is 0.00206. The van der Waals surface area contributed by atoms with Crippen molar-refractivity contribution in [3.63, 3.8) is 0 Å². The maximum atomic E-state index is 11.9. The summed E-state index contributed by atoms with van der Waals surface area (Å²) >= 11 is 1.04. The summed E-state index contributed by atoms with van der Waals surface area (Å²) in [7, 11) is 0. The third-order valence-corrected chi connectivity index (χ3v) is 3.51. The van der Waals surface area contributed by atoms with Gasteiger partial charge in [0.05, 0.1) is 16.9 Å². The molecule has 0 amide bonds. The second kappa shape index (κ2) is 6.03. The van der Waals surface area contributed by atoms with Crippen LogP contribution >= 0.6 is 11.8 Å². The smallest absolute Gasteiger partial charge is 0.196 e. The lowest BCUT2D eigenvalue weighted by molar-refractivity contribution is 0.101. The van der Waals surface area contributed by atoms with Crippen LogP contribution in [0.1, 0.15) is 27.3 Å². The molecule has 21 heavy (non-hydrogen) atoms. The number of rotatable bonds is 4. The number of ketones is 1. The molecule has 0 aromatic carbocycles. The van der Waals surface area contributed by atoms with E-state index < -0.39 is 0 Å². The first-order chi connectivity index (χ1) is 10.1. The van der Waals surface area contributed by atoms with E-state index in [4.69, 9.17) is 16.3 Å². The molecule has 0 spiro atoms. The number of nitrogens with zero attached hydrogens (tertiary/aromatic N) is 5. The van der Waals surface area contributed by atoms with E-state index in [-0.39, 0.29) is 39.2 Å². The number of pyridine rings is 1. The lowest BCUT2D eigenvalue weighted by Crippen LogP contribution is -2.06. The third kappa shape index (κ3) is 2.99. The van der Waals surface area contributed by atoms with Crippen molar-refractivity contribution < 1.29 is 9.42 Å². The average molecular weight is 300 g/mol. The lowest BCUT2D eigenvalue weighted by Gasteiger charge is -2.04. The summed E-state index contributed by atoms with van der Waals surface area (Å²) in [5.74, 6) is -0.277. The molecule has 0 radical (unpaired) electrons. The molecule has 9 heteroatoms. The summed E-state index contributed by atoms with van der Waals surface area (Å²) in [5.41, 5.74) is 6.45. The molecule has 0 unspecified atom stereocenters. The molecule has 0 bridgehead atoms. The van der Waals surface area contributed by atoms with Gasteiger partial charge in [0.15, 0.2) is 11.5 Å². The molecule has 2 aromatic heterocycles. The SMILES string of the molecule is Cc1nonc1C(=O)CSc1nc(N)c(C#N)cc1C#N. The fourth-order valence-corrected chi connectivity index (χ4v) is 2.30. The Hall–Kier alpha value is -2.91. The molecule has 0 aliphatic heterocycles. The Bertz CT molecular complexity index is 786. The number of aryl methyl sites for hydroxylation is 1. The van der Waals surface area contributed by atoms with Crippen LogP contribution in [-0.2, 0) is 0 Å². The van der Waals surface area contributed by atoms with Gasteiger partial charge in [-0.2, -0.15) is 10.5 Å². The number of thioether (sulfide) groups is 1. The van der Waals surface area contributed by atoms with Gasteiger partial charge in [-0.3, -0.25) is 4.79 Å². The molecular weight excluding hydrogens is 292 g/mol. The average Bonchev–Trinajstić information content (AvgIpc) is 2.91. The fourth-order valence-electron chi connectivity index (χ4n) is 1.48. The van der Waals surface area contributed by atoms with Crippen LogP contribution in [0.25, 0.3) is 0 Å². The van der Waals surface area contributed by atoms with Crippen LogP contribution in [0.3, 0.4) is 0 Å². The second-order valence-electron chi connectivity index (χ2n) is 3.91. The quantitative estimate of drug-likeness (QED) is 0.647. The van der Waals surface area contributed by atoms with Crippen molar-refractivity contribution in [3.8, 4) is 12.1 Å². The summed E-state index contributed by atoms with van der Waals surface area (Å²) in [6.45, 7) is 1.60. The predicted octanol–water partition coefficient (Wildman–Crippen LogP) is 1.07. The van der Waals surface area contributed by atoms with Crippen LogP contribution in [0.15, 0.2) is 15.7 Å². The van der Waals surface area contributed by atoms with Crippen LogP contribution < -0.4 is 5.73 Å². The Kier molecular flexibility index (Phi) is 4.16. The molecule has 0 saturated heterocycles. The van der Waals surface area contributed by atoms with Crippen molar-refractivity contribution in [2.75, 3.05) is 11.5 Å². The van der Waals surface area contributed by atoms with Crippen LogP contribution in [0.2, 0.25) is 0 Å². The molecule has 0 atom stereocenters. The van der Waals surface area contributed by atoms with Gasteiger partial charge in [0.2, 0.25) is 0 Å². The normalized spacial score (nSPS) is 9.86. The van der Waals surface area contributed by atoms with Crippen LogP contribution in [0, 0.1) is 29.6 Å². The number of carbonyl (C=O) groups excluding carboxylic acids is 1. The molecule has 0 aliphatic carbocycles. The Morgan fingerprint density at radius 3 is 2.67 bits per heavy atom. The Morgan fingerprint density at radius 1 is 1.38 bits per heavy atom. The van der Waals surface area contributed by atoms with E-state index >= 15 is 0 Å². The zero-order chi connectivity index (χ0) is 15.4. The first-order valence-corrected chi connectivity index (χ1v) is 6.61. The van der Waals surface area contributed by atoms with E-state index in [9.17, 15) is 4.79 Å². The number of nitrogen functional groups attached to an aromatic ring is 1. The zero-order valence-corrected chi connectivity index (χ0v) is 11.6.